The first-order valence-electron chi connectivity index (χ1n) is 4.59. The maximum Gasteiger partial charge on any atom is 0.127 e. The highest BCUT2D eigenvalue weighted by Gasteiger charge is 2.09. The van der Waals surface area contributed by atoms with Crippen LogP contribution in [0.1, 0.15) is 11.1 Å². The molecule has 0 unspecified atom stereocenters. The zero-order valence-corrected chi connectivity index (χ0v) is 9.73. The molecule has 1 aliphatic rings. The van der Waals surface area contributed by atoms with Gasteiger partial charge in [0.15, 0.2) is 0 Å². The number of halogens is 2. The summed E-state index contributed by atoms with van der Waals surface area (Å²) >= 11 is 11.8. The zero-order chi connectivity index (χ0) is 10.8. The van der Waals surface area contributed by atoms with E-state index in [1.54, 1.807) is 0 Å². The molecule has 0 saturated heterocycles. The molecule has 0 spiro atoms. The van der Waals surface area contributed by atoms with Crippen molar-refractivity contribution in [1.29, 1.82) is 0 Å². The quantitative estimate of drug-likeness (QED) is 0.802. The van der Waals surface area contributed by atoms with Crippen molar-refractivity contribution >= 4 is 34.1 Å². The van der Waals surface area contributed by atoms with Crippen molar-refractivity contribution < 1.29 is 0 Å². The van der Waals surface area contributed by atoms with Crippen molar-refractivity contribution in [3.05, 3.63) is 40.4 Å². The van der Waals surface area contributed by atoms with Crippen molar-refractivity contribution in [3.8, 4) is 0 Å². The van der Waals surface area contributed by atoms with Crippen molar-refractivity contribution in [2.45, 2.75) is 6.92 Å². The van der Waals surface area contributed by atoms with Crippen molar-refractivity contribution in [3.63, 3.8) is 0 Å². The number of rotatable bonds is 1. The maximum absolute atomic E-state index is 5.95. The van der Waals surface area contributed by atoms with Crippen LogP contribution in [-0.2, 0) is 0 Å². The Morgan fingerprint density at radius 1 is 1.33 bits per heavy atom. The van der Waals surface area contributed by atoms with Crippen LogP contribution in [0.2, 0.25) is 5.02 Å². The Balaban J connectivity index is 2.45. The van der Waals surface area contributed by atoms with E-state index in [9.17, 15) is 0 Å². The third-order valence-electron chi connectivity index (χ3n) is 2.25. The Hall–Kier alpha value is -0.990. The summed E-state index contributed by atoms with van der Waals surface area (Å²) in [6.45, 7) is 2.55. The number of allylic oxidation sites excluding steroid dienone is 1. The van der Waals surface area contributed by atoms with Gasteiger partial charge in [-0.2, -0.15) is 0 Å². The van der Waals surface area contributed by atoms with E-state index in [2.05, 4.69) is 10.3 Å². The predicted octanol–water partition coefficient (Wildman–Crippen LogP) is 3.19. The first-order valence-corrected chi connectivity index (χ1v) is 5.34. The average Bonchev–Trinajstić information content (AvgIpc) is 2.22. The summed E-state index contributed by atoms with van der Waals surface area (Å²) in [6.07, 6.45) is 1.81. The second kappa shape index (κ2) is 4.25. The fourth-order valence-electron chi connectivity index (χ4n) is 1.47. The summed E-state index contributed by atoms with van der Waals surface area (Å²) in [7, 11) is 0. The molecule has 78 valence electrons. The maximum atomic E-state index is 5.95. The van der Waals surface area contributed by atoms with E-state index in [0.717, 1.165) is 21.8 Å². The summed E-state index contributed by atoms with van der Waals surface area (Å²) < 4.78 is 0. The van der Waals surface area contributed by atoms with Gasteiger partial charge in [-0.15, -0.1) is 0 Å². The van der Waals surface area contributed by atoms with Gasteiger partial charge in [-0.1, -0.05) is 29.3 Å². The highest BCUT2D eigenvalue weighted by molar-refractivity contribution is 6.69. The molecule has 2 nitrogen and oxygen atoms in total. The predicted molar refractivity (Wildman–Crippen MR) is 65.5 cm³/mol. The number of aliphatic imine (C=N–C) groups is 1. The Bertz CT molecular complexity index is 450. The van der Waals surface area contributed by atoms with Crippen LogP contribution in [0.15, 0.2) is 29.3 Å². The molecule has 1 aromatic rings. The Morgan fingerprint density at radius 3 is 2.87 bits per heavy atom. The van der Waals surface area contributed by atoms with E-state index < -0.39 is 0 Å². The molecule has 15 heavy (non-hydrogen) atoms. The third kappa shape index (κ3) is 2.33. The molecule has 0 bridgehead atoms. The Labute approximate surface area is 98.6 Å². The van der Waals surface area contributed by atoms with Crippen LogP contribution in [0, 0.1) is 6.92 Å². The van der Waals surface area contributed by atoms with Crippen LogP contribution >= 0.6 is 23.2 Å². The van der Waals surface area contributed by atoms with Crippen molar-refractivity contribution in [2.75, 3.05) is 6.67 Å². The lowest BCUT2D eigenvalue weighted by Crippen LogP contribution is -2.18. The van der Waals surface area contributed by atoms with Crippen LogP contribution in [0.5, 0.6) is 0 Å². The molecule has 0 fully saturated rings. The molecule has 0 aliphatic carbocycles. The second-order valence-electron chi connectivity index (χ2n) is 3.33. The molecule has 0 atom stereocenters. The lowest BCUT2D eigenvalue weighted by Gasteiger charge is -2.15. The molecule has 0 radical (unpaired) electrons. The Morgan fingerprint density at radius 2 is 2.13 bits per heavy atom. The molecule has 0 aromatic heterocycles. The largest absolute Gasteiger partial charge is 0.366 e. The summed E-state index contributed by atoms with van der Waals surface area (Å²) in [4.78, 5) is 4.02. The number of nitrogens with zero attached hydrogens (tertiary/aromatic N) is 1. The Kier molecular flexibility index (Phi) is 2.98. The minimum Gasteiger partial charge on any atom is -0.366 e. The molecule has 1 aliphatic heterocycles. The van der Waals surface area contributed by atoms with E-state index in [4.69, 9.17) is 23.2 Å². The minimum atomic E-state index is 0.511. The van der Waals surface area contributed by atoms with Gasteiger partial charge in [0.05, 0.1) is 0 Å². The average molecular weight is 241 g/mol. The number of benzene rings is 1. The molecule has 2 rings (SSSR count). The molecule has 1 N–H and O–H groups in total. The number of hydrogen-bond donors (Lipinski definition) is 1. The fourth-order valence-corrected chi connectivity index (χ4v) is 1.81. The van der Waals surface area contributed by atoms with Crippen LogP contribution in [0.25, 0.3) is 5.70 Å². The first-order chi connectivity index (χ1) is 7.16. The monoisotopic (exact) mass is 240 g/mol. The lowest BCUT2D eigenvalue weighted by atomic mass is 10.1. The molecular formula is C11H10Cl2N2. The number of aryl methyl sites for hydroxylation is 1. The number of hydrogen-bond acceptors (Lipinski definition) is 2. The van der Waals surface area contributed by atoms with Gasteiger partial charge in [-0.25, -0.2) is 0 Å². The lowest BCUT2D eigenvalue weighted by molar-refractivity contribution is 0.895. The molecule has 1 aromatic carbocycles. The fraction of sp³-hybridized carbons (Fsp3) is 0.182. The summed E-state index contributed by atoms with van der Waals surface area (Å²) in [5.74, 6) is 0. The smallest absolute Gasteiger partial charge is 0.127 e. The van der Waals surface area contributed by atoms with Crippen molar-refractivity contribution in [1.82, 2.24) is 5.32 Å². The van der Waals surface area contributed by atoms with Crippen molar-refractivity contribution in [2.24, 2.45) is 4.99 Å². The van der Waals surface area contributed by atoms with Gasteiger partial charge in [0.2, 0.25) is 0 Å². The summed E-state index contributed by atoms with van der Waals surface area (Å²) in [5, 5.41) is 4.40. The van der Waals surface area contributed by atoms with Crippen LogP contribution in [0.4, 0.5) is 0 Å². The molecule has 4 heteroatoms. The first kappa shape index (κ1) is 10.5. The van der Waals surface area contributed by atoms with Gasteiger partial charge in [-0.3, -0.25) is 4.99 Å². The normalized spacial score (nSPS) is 15.4. The van der Waals surface area contributed by atoms with E-state index >= 15 is 0 Å². The molecule has 1 heterocycles. The number of nitrogens with one attached hydrogen (secondary N) is 1. The van der Waals surface area contributed by atoms with Gasteiger partial charge in [0.25, 0.3) is 0 Å². The molecule has 0 saturated carbocycles. The molecular weight excluding hydrogens is 231 g/mol. The summed E-state index contributed by atoms with van der Waals surface area (Å²) in [5.41, 5.74) is 3.19. The van der Waals surface area contributed by atoms with Gasteiger partial charge in [0, 0.05) is 16.3 Å². The summed E-state index contributed by atoms with van der Waals surface area (Å²) in [6, 6.07) is 5.78. The second-order valence-corrected chi connectivity index (χ2v) is 4.16. The van der Waals surface area contributed by atoms with Gasteiger partial charge in [-0.05, 0) is 30.7 Å². The van der Waals surface area contributed by atoms with Crippen LogP contribution in [0.3, 0.4) is 0 Å². The zero-order valence-electron chi connectivity index (χ0n) is 8.22. The third-order valence-corrected chi connectivity index (χ3v) is 2.72. The van der Waals surface area contributed by atoms with E-state index in [-0.39, 0.29) is 0 Å². The standard InChI is InChI=1S/C11H10Cl2N2/c1-7-2-3-8(12)4-9(7)10-5-11(13)15-6-14-10/h2-5,14H,6H2,1H3. The van der Waals surface area contributed by atoms with Gasteiger partial charge < -0.3 is 5.32 Å². The molecule has 0 amide bonds. The van der Waals surface area contributed by atoms with E-state index in [0.29, 0.717) is 11.8 Å². The van der Waals surface area contributed by atoms with Crippen LogP contribution < -0.4 is 5.32 Å². The van der Waals surface area contributed by atoms with E-state index in [1.165, 1.54) is 0 Å². The van der Waals surface area contributed by atoms with Gasteiger partial charge >= 0.3 is 0 Å². The van der Waals surface area contributed by atoms with E-state index in [1.807, 2.05) is 31.2 Å². The topological polar surface area (TPSA) is 24.4 Å². The minimum absolute atomic E-state index is 0.511. The highest BCUT2D eigenvalue weighted by atomic mass is 35.5. The SMILES string of the molecule is Cc1ccc(Cl)cc1C1=CC(Cl)=NCN1. The van der Waals surface area contributed by atoms with Gasteiger partial charge in [0.1, 0.15) is 11.8 Å². The van der Waals surface area contributed by atoms with Crippen LogP contribution in [-0.4, -0.2) is 11.8 Å². The highest BCUT2D eigenvalue weighted by Crippen LogP contribution is 2.22.